The second kappa shape index (κ2) is 6.76. The molecule has 5 heteroatoms. The van der Waals surface area contributed by atoms with Gasteiger partial charge >= 0.3 is 0 Å². The summed E-state index contributed by atoms with van der Waals surface area (Å²) >= 11 is 0. The van der Waals surface area contributed by atoms with Gasteiger partial charge in [-0.15, -0.1) is 0 Å². The Kier molecular flexibility index (Phi) is 4.76. The molecule has 2 saturated heterocycles. The third kappa shape index (κ3) is 2.78. The van der Waals surface area contributed by atoms with Crippen molar-refractivity contribution in [2.75, 3.05) is 0 Å². The van der Waals surface area contributed by atoms with Gasteiger partial charge in [0.2, 0.25) is 0 Å². The zero-order valence-electron chi connectivity index (χ0n) is 21.5. The molecule has 2 aliphatic heterocycles. The highest BCUT2D eigenvalue weighted by Crippen LogP contribution is 2.72. The third-order valence-corrected chi connectivity index (χ3v) is 12.5. The molecule has 33 heavy (non-hydrogen) atoms. The fourth-order valence-corrected chi connectivity index (χ4v) is 10.7. The van der Waals surface area contributed by atoms with E-state index in [9.17, 15) is 15.3 Å². The van der Waals surface area contributed by atoms with Crippen molar-refractivity contribution in [3.8, 4) is 0 Å². The highest BCUT2D eigenvalue weighted by Gasteiger charge is 2.77. The van der Waals surface area contributed by atoms with Gasteiger partial charge in [0.1, 0.15) is 5.60 Å². The molecule has 4 aliphatic carbocycles. The minimum absolute atomic E-state index is 0.0132. The van der Waals surface area contributed by atoms with E-state index < -0.39 is 11.4 Å². The van der Waals surface area contributed by atoms with Gasteiger partial charge in [0.05, 0.1) is 23.9 Å². The summed E-state index contributed by atoms with van der Waals surface area (Å²) in [5.74, 6) is 1.08. The van der Waals surface area contributed by atoms with Crippen molar-refractivity contribution in [2.45, 2.75) is 128 Å². The maximum Gasteiger partial charge on any atom is 0.198 e. The molecule has 2 heterocycles. The normalized spacial score (nSPS) is 63.7. The summed E-state index contributed by atoms with van der Waals surface area (Å²) < 4.78 is 13.3. The van der Waals surface area contributed by atoms with Crippen LogP contribution in [0, 0.1) is 46.3 Å². The van der Waals surface area contributed by atoms with Crippen LogP contribution < -0.4 is 0 Å². The Morgan fingerprint density at radius 2 is 1.61 bits per heavy atom. The number of aliphatic hydroxyl groups excluding tert-OH is 2. The molecular formula is C28H46O5. The first-order valence-electron chi connectivity index (χ1n) is 13.7. The molecule has 0 aromatic carbocycles. The molecule has 0 aromatic rings. The minimum atomic E-state index is -1.08. The van der Waals surface area contributed by atoms with Crippen LogP contribution in [0.2, 0.25) is 0 Å². The first-order chi connectivity index (χ1) is 15.3. The summed E-state index contributed by atoms with van der Waals surface area (Å²) in [6.45, 7) is 13.1. The first-order valence-corrected chi connectivity index (χ1v) is 13.7. The van der Waals surface area contributed by atoms with Crippen LogP contribution in [0.5, 0.6) is 0 Å². The van der Waals surface area contributed by atoms with Crippen molar-refractivity contribution in [2.24, 2.45) is 46.3 Å². The molecule has 0 bridgehead atoms. The van der Waals surface area contributed by atoms with Crippen LogP contribution in [-0.4, -0.2) is 50.6 Å². The molecule has 0 unspecified atom stereocenters. The van der Waals surface area contributed by atoms with Gasteiger partial charge in [-0.3, -0.25) is 0 Å². The van der Waals surface area contributed by atoms with E-state index in [1.54, 1.807) is 0 Å². The lowest BCUT2D eigenvalue weighted by Gasteiger charge is -2.63. The van der Waals surface area contributed by atoms with E-state index in [0.717, 1.165) is 51.4 Å². The summed E-state index contributed by atoms with van der Waals surface area (Å²) in [5.41, 5.74) is -1.45. The Bertz CT molecular complexity index is 825. The van der Waals surface area contributed by atoms with E-state index in [-0.39, 0.29) is 40.7 Å². The second-order valence-electron chi connectivity index (χ2n) is 14.4. The molecule has 0 amide bonds. The quantitative estimate of drug-likeness (QED) is 0.501. The summed E-state index contributed by atoms with van der Waals surface area (Å²) in [4.78, 5) is 0. The SMILES string of the molecule is C[C@@H]1C[C@@]2(O[C@H]3C[C@H]4[C@@H]5CC[C@H]6C[C@H](O)CC[C@]6(C)[C@H]5[C@@H](O)C[C@]4(C)[C@H]3[C@@]2(C)O)OC1(C)C. The molecule has 5 nitrogen and oxygen atoms in total. The topological polar surface area (TPSA) is 79.2 Å². The fourth-order valence-electron chi connectivity index (χ4n) is 10.7. The van der Waals surface area contributed by atoms with E-state index in [1.807, 2.05) is 6.92 Å². The van der Waals surface area contributed by atoms with Crippen molar-refractivity contribution in [1.29, 1.82) is 0 Å². The lowest BCUT2D eigenvalue weighted by molar-refractivity contribution is -0.300. The first kappa shape index (κ1) is 23.2. The predicted octanol–water partition coefficient (Wildman–Crippen LogP) is 4.27. The van der Waals surface area contributed by atoms with Crippen molar-refractivity contribution >= 4 is 0 Å². The monoisotopic (exact) mass is 462 g/mol. The van der Waals surface area contributed by atoms with Crippen LogP contribution >= 0.6 is 0 Å². The average molecular weight is 463 g/mol. The van der Waals surface area contributed by atoms with E-state index >= 15 is 0 Å². The molecule has 3 N–H and O–H groups in total. The number of rotatable bonds is 0. The van der Waals surface area contributed by atoms with E-state index in [4.69, 9.17) is 9.47 Å². The zero-order valence-corrected chi connectivity index (χ0v) is 21.5. The molecule has 0 radical (unpaired) electrons. The van der Waals surface area contributed by atoms with Gasteiger partial charge in [-0.2, -0.15) is 0 Å². The second-order valence-corrected chi connectivity index (χ2v) is 14.4. The average Bonchev–Trinajstić information content (AvgIpc) is 3.20. The van der Waals surface area contributed by atoms with Gasteiger partial charge in [-0.1, -0.05) is 20.8 Å². The van der Waals surface area contributed by atoms with Gasteiger partial charge in [0, 0.05) is 12.3 Å². The van der Waals surface area contributed by atoms with Crippen molar-refractivity contribution in [3.63, 3.8) is 0 Å². The smallest absolute Gasteiger partial charge is 0.198 e. The standard InChI is InChI=1S/C28H46O5/c1-15-13-28(33-24(15,2)3)27(6,31)23-21(32-28)12-19-18-8-7-16-11-17(29)9-10-25(16,4)22(18)20(30)14-26(19,23)5/h15-23,29-31H,7-14H2,1-6H3/t15-,16+,17-,18+,19+,20+,21+,22-,23+,25+,26+,27-,28-/m1/s1. The van der Waals surface area contributed by atoms with Crippen LogP contribution in [0.3, 0.4) is 0 Å². The predicted molar refractivity (Wildman–Crippen MR) is 125 cm³/mol. The third-order valence-electron chi connectivity index (χ3n) is 12.5. The largest absolute Gasteiger partial charge is 0.393 e. The van der Waals surface area contributed by atoms with Gasteiger partial charge in [0.15, 0.2) is 5.79 Å². The van der Waals surface area contributed by atoms with Crippen molar-refractivity contribution < 1.29 is 24.8 Å². The Labute approximate surface area is 199 Å². The summed E-state index contributed by atoms with van der Waals surface area (Å²) in [5, 5.41) is 34.2. The lowest BCUT2D eigenvalue weighted by atomic mass is 9.43. The molecule has 13 atom stereocenters. The molecule has 1 spiro atoms. The maximum absolute atomic E-state index is 12.2. The van der Waals surface area contributed by atoms with Crippen LogP contribution in [0.4, 0.5) is 0 Å². The Morgan fingerprint density at radius 1 is 0.879 bits per heavy atom. The number of aliphatic hydroxyl groups is 3. The van der Waals surface area contributed by atoms with Crippen molar-refractivity contribution in [3.05, 3.63) is 0 Å². The summed E-state index contributed by atoms with van der Waals surface area (Å²) in [6.07, 6.45) is 6.94. The number of hydrogen-bond acceptors (Lipinski definition) is 5. The van der Waals surface area contributed by atoms with E-state index in [2.05, 4.69) is 34.6 Å². The Morgan fingerprint density at radius 3 is 2.27 bits per heavy atom. The highest BCUT2D eigenvalue weighted by atomic mass is 16.7. The molecule has 0 aromatic heterocycles. The fraction of sp³-hybridized carbons (Fsp3) is 1.00. The van der Waals surface area contributed by atoms with Crippen molar-refractivity contribution in [1.82, 2.24) is 0 Å². The number of ether oxygens (including phenoxy) is 2. The van der Waals surface area contributed by atoms with E-state index in [0.29, 0.717) is 29.6 Å². The molecule has 6 aliphatic rings. The van der Waals surface area contributed by atoms with Crippen LogP contribution in [0.1, 0.15) is 92.9 Å². The summed E-state index contributed by atoms with van der Waals surface area (Å²) in [7, 11) is 0. The molecule has 6 fully saturated rings. The van der Waals surface area contributed by atoms with E-state index in [1.165, 1.54) is 0 Å². The minimum Gasteiger partial charge on any atom is -0.393 e. The zero-order chi connectivity index (χ0) is 23.8. The van der Waals surface area contributed by atoms with Crippen LogP contribution in [-0.2, 0) is 9.47 Å². The summed E-state index contributed by atoms with van der Waals surface area (Å²) in [6, 6.07) is 0. The lowest BCUT2D eigenvalue weighted by Crippen LogP contribution is -2.62. The highest BCUT2D eigenvalue weighted by molar-refractivity contribution is 5.22. The van der Waals surface area contributed by atoms with Crippen LogP contribution in [0.25, 0.3) is 0 Å². The molecule has 4 saturated carbocycles. The Hall–Kier alpha value is -0.200. The van der Waals surface area contributed by atoms with Gasteiger partial charge in [-0.25, -0.2) is 0 Å². The number of fused-ring (bicyclic) bond motifs is 7. The molecular weight excluding hydrogens is 416 g/mol. The molecule has 6 rings (SSSR count). The molecule has 188 valence electrons. The van der Waals surface area contributed by atoms with Gasteiger partial charge in [0.25, 0.3) is 0 Å². The van der Waals surface area contributed by atoms with Gasteiger partial charge < -0.3 is 24.8 Å². The Balaban J connectivity index is 1.34. The van der Waals surface area contributed by atoms with Crippen LogP contribution in [0.15, 0.2) is 0 Å². The van der Waals surface area contributed by atoms with Gasteiger partial charge in [-0.05, 0) is 106 Å². The maximum atomic E-state index is 12.2. The number of hydrogen-bond donors (Lipinski definition) is 3.